The van der Waals surface area contributed by atoms with Crippen molar-refractivity contribution in [2.24, 2.45) is 0 Å². The minimum Gasteiger partial charge on any atom is -0.444 e. The summed E-state index contributed by atoms with van der Waals surface area (Å²) in [6.07, 6.45) is 4.01. The SMILES string of the molecule is CC(C)(C)OC(=O)Nc1cnc(C2=[N+](Cc3ccccc3F)C(c3ccon3)=C2)nc1N. The van der Waals surface area contributed by atoms with Crippen LogP contribution in [0.1, 0.15) is 37.9 Å². The van der Waals surface area contributed by atoms with Gasteiger partial charge in [-0.2, -0.15) is 4.58 Å². The molecule has 0 radical (unpaired) electrons. The predicted octanol–water partition coefficient (Wildman–Crippen LogP) is 3.59. The first-order valence-corrected chi connectivity index (χ1v) is 9.84. The van der Waals surface area contributed by atoms with E-state index in [-0.39, 0.29) is 23.9 Å². The topological polar surface area (TPSA) is 119 Å². The highest BCUT2D eigenvalue weighted by Crippen LogP contribution is 2.27. The normalized spacial score (nSPS) is 13.4. The van der Waals surface area contributed by atoms with Crippen LogP contribution in [0.4, 0.5) is 20.7 Å². The van der Waals surface area contributed by atoms with Gasteiger partial charge in [-0.3, -0.25) is 5.32 Å². The number of aromatic nitrogens is 3. The van der Waals surface area contributed by atoms with Gasteiger partial charge in [-0.05, 0) is 32.9 Å². The predicted molar refractivity (Wildman–Crippen MR) is 115 cm³/mol. The molecular formula is C22H22FN6O3+. The highest BCUT2D eigenvalue weighted by molar-refractivity contribution is 6.11. The standard InChI is InChI=1S/C22H21FN6O3/c1-22(2,3)32-21(30)26-16-11-25-20(27-19(16)24)18-10-17(15-8-9-31-28-15)29(18)12-13-6-4-5-7-14(13)23/h4-11H,12H2,1-3H3,(H2,24,27,28)/p+1. The third-order valence-corrected chi connectivity index (χ3v) is 4.52. The maximum Gasteiger partial charge on any atom is 0.412 e. The number of anilines is 2. The van der Waals surface area contributed by atoms with Gasteiger partial charge in [-0.1, -0.05) is 17.3 Å². The molecule has 1 amide bonds. The van der Waals surface area contributed by atoms with Crippen LogP contribution in [0.15, 0.2) is 53.4 Å². The molecule has 0 bridgehead atoms. The van der Waals surface area contributed by atoms with Gasteiger partial charge >= 0.3 is 6.09 Å². The second-order valence-electron chi connectivity index (χ2n) is 8.10. The molecule has 2 aromatic heterocycles. The van der Waals surface area contributed by atoms with Crippen molar-refractivity contribution in [1.82, 2.24) is 15.1 Å². The van der Waals surface area contributed by atoms with Crippen LogP contribution in [0.2, 0.25) is 0 Å². The lowest BCUT2D eigenvalue weighted by atomic mass is 10.1. The fraction of sp³-hybridized carbons (Fsp3) is 0.227. The number of hydrogen-bond donors (Lipinski definition) is 2. The van der Waals surface area contributed by atoms with Gasteiger partial charge < -0.3 is 15.0 Å². The van der Waals surface area contributed by atoms with E-state index in [1.165, 1.54) is 18.5 Å². The van der Waals surface area contributed by atoms with Crippen LogP contribution < -0.4 is 11.1 Å². The fourth-order valence-corrected chi connectivity index (χ4v) is 3.09. The number of benzene rings is 1. The van der Waals surface area contributed by atoms with Crippen molar-refractivity contribution >= 4 is 29.0 Å². The number of nitrogens with two attached hydrogens (primary N) is 1. The maximum absolute atomic E-state index is 14.3. The van der Waals surface area contributed by atoms with E-state index in [1.807, 2.05) is 10.7 Å². The van der Waals surface area contributed by atoms with Crippen LogP contribution in [0.5, 0.6) is 0 Å². The van der Waals surface area contributed by atoms with E-state index in [4.69, 9.17) is 15.0 Å². The lowest BCUT2D eigenvalue weighted by Crippen LogP contribution is -2.31. The van der Waals surface area contributed by atoms with Gasteiger partial charge in [-0.15, -0.1) is 0 Å². The number of amides is 1. The van der Waals surface area contributed by atoms with Crippen molar-refractivity contribution in [2.75, 3.05) is 11.1 Å². The van der Waals surface area contributed by atoms with Crippen LogP contribution in [-0.4, -0.2) is 37.1 Å². The minimum absolute atomic E-state index is 0.0717. The molecule has 9 nitrogen and oxygen atoms in total. The van der Waals surface area contributed by atoms with E-state index in [9.17, 15) is 9.18 Å². The summed E-state index contributed by atoms with van der Waals surface area (Å²) in [6, 6.07) is 8.21. The summed E-state index contributed by atoms with van der Waals surface area (Å²) in [5.74, 6) is 0.0684. The Morgan fingerprint density at radius 1 is 1.28 bits per heavy atom. The van der Waals surface area contributed by atoms with E-state index in [2.05, 4.69) is 20.4 Å². The van der Waals surface area contributed by atoms with Gasteiger partial charge in [0.25, 0.3) is 5.71 Å². The average molecular weight is 437 g/mol. The van der Waals surface area contributed by atoms with Crippen molar-refractivity contribution in [2.45, 2.75) is 32.9 Å². The van der Waals surface area contributed by atoms with E-state index in [0.29, 0.717) is 22.8 Å². The van der Waals surface area contributed by atoms with Crippen LogP contribution in [0, 0.1) is 5.82 Å². The summed E-state index contributed by atoms with van der Waals surface area (Å²) < 4.78 is 26.3. The van der Waals surface area contributed by atoms with Gasteiger partial charge in [0.05, 0.1) is 17.8 Å². The Hall–Kier alpha value is -4.08. The summed E-state index contributed by atoms with van der Waals surface area (Å²) in [5, 5.41) is 6.49. The molecule has 164 valence electrons. The molecule has 0 atom stereocenters. The smallest absolute Gasteiger partial charge is 0.412 e. The summed E-state index contributed by atoms with van der Waals surface area (Å²) in [4.78, 5) is 20.6. The minimum atomic E-state index is -0.661. The Morgan fingerprint density at radius 2 is 2.06 bits per heavy atom. The van der Waals surface area contributed by atoms with Gasteiger partial charge in [0.1, 0.15) is 23.4 Å². The number of ether oxygens (including phenoxy) is 1. The van der Waals surface area contributed by atoms with Gasteiger partial charge in [-0.25, -0.2) is 19.2 Å². The molecule has 0 fully saturated rings. The van der Waals surface area contributed by atoms with Crippen molar-refractivity contribution in [3.05, 3.63) is 71.8 Å². The lowest BCUT2D eigenvalue weighted by molar-refractivity contribution is -0.458. The summed E-state index contributed by atoms with van der Waals surface area (Å²) in [6.45, 7) is 5.50. The van der Waals surface area contributed by atoms with Gasteiger partial charge in [0.15, 0.2) is 18.1 Å². The molecule has 0 aliphatic carbocycles. The van der Waals surface area contributed by atoms with E-state index >= 15 is 0 Å². The Kier molecular flexibility index (Phi) is 5.43. The van der Waals surface area contributed by atoms with E-state index in [0.717, 1.165) is 5.70 Å². The fourth-order valence-electron chi connectivity index (χ4n) is 3.09. The monoisotopic (exact) mass is 437 g/mol. The molecule has 3 aromatic rings. The second-order valence-corrected chi connectivity index (χ2v) is 8.10. The molecule has 3 heterocycles. The van der Waals surface area contributed by atoms with Gasteiger partial charge in [0.2, 0.25) is 11.5 Å². The molecule has 1 aliphatic heterocycles. The first kappa shape index (κ1) is 21.2. The number of carbonyl (C=O) groups excluding carboxylic acids is 1. The summed E-state index contributed by atoms with van der Waals surface area (Å²) in [5.41, 5.74) is 8.06. The van der Waals surface area contributed by atoms with Crippen molar-refractivity contribution in [1.29, 1.82) is 0 Å². The number of allylic oxidation sites excluding steroid dienone is 1. The van der Waals surface area contributed by atoms with Crippen molar-refractivity contribution in [3.63, 3.8) is 0 Å². The maximum atomic E-state index is 14.3. The van der Waals surface area contributed by atoms with E-state index < -0.39 is 11.7 Å². The number of hydrogen-bond acceptors (Lipinski definition) is 7. The zero-order valence-corrected chi connectivity index (χ0v) is 17.8. The molecule has 4 rings (SSSR count). The third kappa shape index (κ3) is 4.48. The van der Waals surface area contributed by atoms with Crippen molar-refractivity contribution in [3.8, 4) is 0 Å². The highest BCUT2D eigenvalue weighted by Gasteiger charge is 2.36. The third-order valence-electron chi connectivity index (χ3n) is 4.52. The molecule has 3 N–H and O–H groups in total. The molecule has 1 aliphatic rings. The largest absolute Gasteiger partial charge is 0.444 e. The van der Waals surface area contributed by atoms with Crippen LogP contribution in [0.3, 0.4) is 0 Å². The van der Waals surface area contributed by atoms with E-state index in [1.54, 1.807) is 45.0 Å². The zero-order valence-electron chi connectivity index (χ0n) is 17.8. The average Bonchev–Trinajstić information content (AvgIpc) is 3.21. The molecule has 10 heteroatoms. The molecule has 0 saturated heterocycles. The molecule has 0 saturated carbocycles. The molecule has 1 aromatic carbocycles. The highest BCUT2D eigenvalue weighted by atomic mass is 19.1. The Balaban J connectivity index is 1.62. The first-order valence-electron chi connectivity index (χ1n) is 9.84. The number of rotatable bonds is 5. The molecule has 0 spiro atoms. The second kappa shape index (κ2) is 8.22. The molecule has 32 heavy (non-hydrogen) atoms. The Bertz CT molecular complexity index is 1230. The number of carbonyl (C=O) groups is 1. The van der Waals surface area contributed by atoms with Crippen molar-refractivity contribution < 1.29 is 23.0 Å². The molecular weight excluding hydrogens is 415 g/mol. The lowest BCUT2D eigenvalue weighted by Gasteiger charge is -2.20. The van der Waals surface area contributed by atoms with Crippen LogP contribution in [-0.2, 0) is 11.3 Å². The summed E-state index contributed by atoms with van der Waals surface area (Å²) in [7, 11) is 0. The van der Waals surface area contributed by atoms with Crippen LogP contribution >= 0.6 is 0 Å². The van der Waals surface area contributed by atoms with Gasteiger partial charge in [0, 0.05) is 6.07 Å². The van der Waals surface area contributed by atoms with Crippen LogP contribution in [0.25, 0.3) is 5.70 Å². The number of nitrogen functional groups attached to an aromatic ring is 1. The number of nitrogens with zero attached hydrogens (tertiary/aromatic N) is 4. The summed E-state index contributed by atoms with van der Waals surface area (Å²) >= 11 is 0. The Labute approximate surface area is 183 Å². The molecule has 0 unspecified atom stereocenters. The quantitative estimate of drug-likeness (QED) is 0.586. The number of nitrogens with one attached hydrogen (secondary N) is 1. The number of halogens is 1. The first-order chi connectivity index (χ1) is 15.2. The Morgan fingerprint density at radius 3 is 2.72 bits per heavy atom. The zero-order chi connectivity index (χ0) is 22.9.